The summed E-state index contributed by atoms with van der Waals surface area (Å²) in [6, 6.07) is 9.77. The number of likely N-dealkylation sites (tertiary alicyclic amines) is 2. The quantitative estimate of drug-likeness (QED) is 0.739. The van der Waals surface area contributed by atoms with E-state index in [1.54, 1.807) is 17.5 Å². The van der Waals surface area contributed by atoms with Gasteiger partial charge in [0.1, 0.15) is 11.0 Å². The lowest BCUT2D eigenvalue weighted by Crippen LogP contribution is -2.43. The lowest BCUT2D eigenvalue weighted by atomic mass is 9.93. The molecule has 1 N–H and O–H groups in total. The third-order valence-corrected chi connectivity index (χ3v) is 6.97. The maximum atomic E-state index is 12.8. The summed E-state index contributed by atoms with van der Waals surface area (Å²) < 4.78 is 0. The highest BCUT2D eigenvalue weighted by Gasteiger charge is 2.27. The number of amides is 2. The first kappa shape index (κ1) is 21.0. The summed E-state index contributed by atoms with van der Waals surface area (Å²) in [5.74, 6) is 0.785. The topological polar surface area (TPSA) is 65.5 Å². The molecule has 2 aliphatic rings. The highest BCUT2D eigenvalue weighted by Crippen LogP contribution is 2.25. The second-order valence-electron chi connectivity index (χ2n) is 8.29. The Hall–Kier alpha value is -2.25. The maximum Gasteiger partial charge on any atom is 0.235 e. The van der Waals surface area contributed by atoms with Gasteiger partial charge >= 0.3 is 0 Å². The molecular formula is C23H30N4O2S. The van der Waals surface area contributed by atoms with Crippen LogP contribution in [0.4, 0.5) is 0 Å². The summed E-state index contributed by atoms with van der Waals surface area (Å²) in [6.45, 7) is 4.00. The van der Waals surface area contributed by atoms with E-state index in [0.717, 1.165) is 62.4 Å². The molecule has 2 aliphatic heterocycles. The van der Waals surface area contributed by atoms with Gasteiger partial charge in [-0.25, -0.2) is 4.98 Å². The highest BCUT2D eigenvalue weighted by molar-refractivity contribution is 7.09. The Balaban J connectivity index is 1.26. The van der Waals surface area contributed by atoms with Crippen molar-refractivity contribution in [1.82, 2.24) is 20.1 Å². The summed E-state index contributed by atoms with van der Waals surface area (Å²) in [5.41, 5.74) is 1.04. The Labute approximate surface area is 182 Å². The maximum absolute atomic E-state index is 12.8. The van der Waals surface area contributed by atoms with Crippen LogP contribution < -0.4 is 5.32 Å². The first-order valence-electron chi connectivity index (χ1n) is 10.9. The van der Waals surface area contributed by atoms with Crippen molar-refractivity contribution in [3.8, 4) is 0 Å². The number of nitrogens with zero attached hydrogens (tertiary/aromatic N) is 3. The first-order chi connectivity index (χ1) is 14.7. The van der Waals surface area contributed by atoms with Gasteiger partial charge in [-0.15, -0.1) is 11.3 Å². The van der Waals surface area contributed by atoms with Crippen LogP contribution in [0.15, 0.2) is 41.9 Å². The van der Waals surface area contributed by atoms with Crippen LogP contribution in [-0.4, -0.2) is 59.3 Å². The number of aromatic nitrogens is 1. The molecule has 4 rings (SSSR count). The second kappa shape index (κ2) is 10.2. The lowest BCUT2D eigenvalue weighted by Gasteiger charge is -2.32. The fourth-order valence-electron chi connectivity index (χ4n) is 4.41. The van der Waals surface area contributed by atoms with Crippen molar-refractivity contribution in [2.24, 2.45) is 5.92 Å². The predicted molar refractivity (Wildman–Crippen MR) is 118 cm³/mol. The van der Waals surface area contributed by atoms with E-state index < -0.39 is 0 Å². The molecule has 2 amide bonds. The van der Waals surface area contributed by atoms with Gasteiger partial charge in [0.25, 0.3) is 0 Å². The summed E-state index contributed by atoms with van der Waals surface area (Å²) >= 11 is 1.55. The Kier molecular flexibility index (Phi) is 7.12. The Morgan fingerprint density at radius 2 is 1.83 bits per heavy atom. The van der Waals surface area contributed by atoms with Crippen molar-refractivity contribution < 1.29 is 9.59 Å². The molecule has 30 heavy (non-hydrogen) atoms. The smallest absolute Gasteiger partial charge is 0.235 e. The average molecular weight is 427 g/mol. The molecule has 2 saturated heterocycles. The Bertz CT molecular complexity index is 813. The zero-order valence-electron chi connectivity index (χ0n) is 17.3. The number of piperidine rings is 1. The van der Waals surface area contributed by atoms with Crippen LogP contribution >= 0.6 is 11.3 Å². The van der Waals surface area contributed by atoms with Crippen molar-refractivity contribution >= 4 is 23.2 Å². The average Bonchev–Trinajstić information content (AvgIpc) is 3.48. The van der Waals surface area contributed by atoms with Crippen molar-refractivity contribution in [2.75, 3.05) is 32.7 Å². The number of hydrogen-bond donors (Lipinski definition) is 1. The highest BCUT2D eigenvalue weighted by atomic mass is 32.1. The van der Waals surface area contributed by atoms with Crippen LogP contribution in [0, 0.1) is 5.92 Å². The molecule has 3 heterocycles. The zero-order chi connectivity index (χ0) is 20.8. The SMILES string of the molecule is O=C(CN1CCC(CC(=O)N2CCCC2)CC1)NC(c1ccccc1)c1nccs1. The normalized spacial score (nSPS) is 19.0. The van der Waals surface area contributed by atoms with Gasteiger partial charge in [0.2, 0.25) is 11.8 Å². The van der Waals surface area contributed by atoms with E-state index in [9.17, 15) is 9.59 Å². The summed E-state index contributed by atoms with van der Waals surface area (Å²) in [4.78, 5) is 33.8. The molecule has 1 aromatic carbocycles. The number of nitrogens with one attached hydrogen (secondary N) is 1. The minimum absolute atomic E-state index is 0.0191. The van der Waals surface area contributed by atoms with E-state index >= 15 is 0 Å². The molecule has 1 unspecified atom stereocenters. The molecule has 0 bridgehead atoms. The van der Waals surface area contributed by atoms with Crippen molar-refractivity contribution in [3.05, 3.63) is 52.5 Å². The molecule has 0 radical (unpaired) electrons. The monoisotopic (exact) mass is 426 g/mol. The molecule has 7 heteroatoms. The zero-order valence-corrected chi connectivity index (χ0v) is 18.2. The Morgan fingerprint density at radius 1 is 1.10 bits per heavy atom. The van der Waals surface area contributed by atoms with E-state index in [1.807, 2.05) is 40.6 Å². The van der Waals surface area contributed by atoms with Crippen molar-refractivity contribution in [3.63, 3.8) is 0 Å². The molecule has 6 nitrogen and oxygen atoms in total. The van der Waals surface area contributed by atoms with Gasteiger partial charge < -0.3 is 10.2 Å². The number of hydrogen-bond acceptors (Lipinski definition) is 5. The van der Waals surface area contributed by atoms with Crippen LogP contribution in [0.1, 0.15) is 48.7 Å². The summed E-state index contributed by atoms with van der Waals surface area (Å²) in [7, 11) is 0. The van der Waals surface area contributed by atoms with Gasteiger partial charge in [-0.1, -0.05) is 30.3 Å². The van der Waals surface area contributed by atoms with Gasteiger partial charge in [-0.3, -0.25) is 14.5 Å². The van der Waals surface area contributed by atoms with E-state index in [0.29, 0.717) is 24.8 Å². The van der Waals surface area contributed by atoms with Gasteiger partial charge in [0, 0.05) is 31.1 Å². The van der Waals surface area contributed by atoms with Crippen LogP contribution in [-0.2, 0) is 9.59 Å². The standard InChI is InChI=1S/C23H30N4O2S/c28-20(25-22(23-24-10-15-30-23)19-6-2-1-3-7-19)17-26-13-8-18(9-14-26)16-21(29)27-11-4-5-12-27/h1-3,6-7,10,15,18,22H,4-5,8-9,11-14,16-17H2,(H,25,28). The first-order valence-corrected chi connectivity index (χ1v) is 11.8. The molecule has 0 aliphatic carbocycles. The van der Waals surface area contributed by atoms with Crippen molar-refractivity contribution in [2.45, 2.75) is 38.1 Å². The van der Waals surface area contributed by atoms with E-state index in [1.165, 1.54) is 0 Å². The molecular weight excluding hydrogens is 396 g/mol. The van der Waals surface area contributed by atoms with Crippen LogP contribution in [0.3, 0.4) is 0 Å². The van der Waals surface area contributed by atoms with Gasteiger partial charge in [0.05, 0.1) is 6.54 Å². The third-order valence-electron chi connectivity index (χ3n) is 6.13. The van der Waals surface area contributed by atoms with E-state index in [2.05, 4.69) is 15.2 Å². The fourth-order valence-corrected chi connectivity index (χ4v) is 5.13. The van der Waals surface area contributed by atoms with Crippen LogP contribution in [0.2, 0.25) is 0 Å². The van der Waals surface area contributed by atoms with Gasteiger partial charge in [-0.2, -0.15) is 0 Å². The minimum Gasteiger partial charge on any atom is -0.343 e. The van der Waals surface area contributed by atoms with E-state index in [-0.39, 0.29) is 11.9 Å². The number of benzene rings is 1. The van der Waals surface area contributed by atoms with Crippen molar-refractivity contribution in [1.29, 1.82) is 0 Å². The number of rotatable bonds is 7. The lowest BCUT2D eigenvalue weighted by molar-refractivity contribution is -0.131. The molecule has 2 fully saturated rings. The molecule has 2 aromatic rings. The second-order valence-corrected chi connectivity index (χ2v) is 9.22. The Morgan fingerprint density at radius 3 is 2.50 bits per heavy atom. The number of carbonyl (C=O) groups is 2. The number of thiazole rings is 1. The van der Waals surface area contributed by atoms with Gasteiger partial charge in [-0.05, 0) is 50.3 Å². The third kappa shape index (κ3) is 5.46. The molecule has 0 spiro atoms. The van der Waals surface area contributed by atoms with Crippen LogP contribution in [0.5, 0.6) is 0 Å². The molecule has 0 saturated carbocycles. The fraction of sp³-hybridized carbons (Fsp3) is 0.522. The summed E-state index contributed by atoms with van der Waals surface area (Å²) in [6.07, 6.45) is 6.70. The largest absolute Gasteiger partial charge is 0.343 e. The predicted octanol–water partition coefficient (Wildman–Crippen LogP) is 3.07. The van der Waals surface area contributed by atoms with Gasteiger partial charge in [0.15, 0.2) is 0 Å². The molecule has 1 atom stereocenters. The summed E-state index contributed by atoms with van der Waals surface area (Å²) in [5, 5.41) is 6.00. The minimum atomic E-state index is -0.214. The number of carbonyl (C=O) groups excluding carboxylic acids is 2. The molecule has 1 aromatic heterocycles. The van der Waals surface area contributed by atoms with E-state index in [4.69, 9.17) is 0 Å². The molecule has 160 valence electrons. The van der Waals surface area contributed by atoms with Crippen LogP contribution in [0.25, 0.3) is 0 Å².